The smallest absolute Gasteiger partial charge is 0.240 e. The van der Waals surface area contributed by atoms with Crippen molar-refractivity contribution < 1.29 is 4.79 Å². The predicted molar refractivity (Wildman–Crippen MR) is 107 cm³/mol. The Morgan fingerprint density at radius 1 is 1.08 bits per heavy atom. The Labute approximate surface area is 160 Å². The molecule has 2 aromatic rings. The van der Waals surface area contributed by atoms with Crippen LogP contribution < -0.4 is 0 Å². The molecule has 26 heavy (non-hydrogen) atoms. The lowest BCUT2D eigenvalue weighted by Crippen LogP contribution is -2.50. The fourth-order valence-corrected chi connectivity index (χ4v) is 5.48. The van der Waals surface area contributed by atoms with E-state index >= 15 is 0 Å². The van der Waals surface area contributed by atoms with E-state index in [2.05, 4.69) is 34.9 Å². The zero-order chi connectivity index (χ0) is 17.9. The molecule has 4 rings (SSSR count). The standard InChI is InChI=1S/C21H29N3OS/c1-16(23-13-7-2-3-8-14-23)21(25)24-15-9-6-11-18(24)20-22-17-10-4-5-12-19(17)26-20/h4-5,10,12,16,18H,2-3,6-9,11,13-15H2,1H3. The van der Waals surface area contributed by atoms with Gasteiger partial charge in [0.25, 0.3) is 0 Å². The minimum Gasteiger partial charge on any atom is -0.332 e. The highest BCUT2D eigenvalue weighted by molar-refractivity contribution is 7.18. The molecular formula is C21H29N3OS. The molecule has 4 nitrogen and oxygen atoms in total. The van der Waals surface area contributed by atoms with E-state index in [9.17, 15) is 4.79 Å². The average molecular weight is 372 g/mol. The van der Waals surface area contributed by atoms with E-state index in [1.54, 1.807) is 11.3 Å². The maximum atomic E-state index is 13.4. The second-order valence-corrected chi connectivity index (χ2v) is 8.75. The molecule has 0 radical (unpaired) electrons. The van der Waals surface area contributed by atoms with Gasteiger partial charge in [0, 0.05) is 6.54 Å². The van der Waals surface area contributed by atoms with Gasteiger partial charge in [0.2, 0.25) is 5.91 Å². The van der Waals surface area contributed by atoms with Crippen molar-refractivity contribution in [2.75, 3.05) is 19.6 Å². The van der Waals surface area contributed by atoms with E-state index in [1.807, 2.05) is 6.07 Å². The Balaban J connectivity index is 1.55. The number of benzene rings is 1. The zero-order valence-corrected chi connectivity index (χ0v) is 16.5. The van der Waals surface area contributed by atoms with Gasteiger partial charge >= 0.3 is 0 Å². The van der Waals surface area contributed by atoms with E-state index < -0.39 is 0 Å². The Bertz CT molecular complexity index is 718. The van der Waals surface area contributed by atoms with Gasteiger partial charge in [-0.2, -0.15) is 0 Å². The third-order valence-electron chi connectivity index (χ3n) is 5.93. The molecule has 0 spiro atoms. The molecule has 2 saturated heterocycles. The molecule has 1 aromatic heterocycles. The van der Waals surface area contributed by atoms with Crippen molar-refractivity contribution in [3.8, 4) is 0 Å². The van der Waals surface area contributed by atoms with Crippen LogP contribution in [0.3, 0.4) is 0 Å². The molecule has 1 aromatic carbocycles. The Kier molecular flexibility index (Phi) is 5.55. The first kappa shape index (κ1) is 17.9. The van der Waals surface area contributed by atoms with Crippen molar-refractivity contribution in [1.29, 1.82) is 0 Å². The number of piperidine rings is 1. The summed E-state index contributed by atoms with van der Waals surface area (Å²) in [5, 5.41) is 1.11. The second-order valence-electron chi connectivity index (χ2n) is 7.69. The van der Waals surface area contributed by atoms with Gasteiger partial charge in [-0.15, -0.1) is 11.3 Å². The number of carbonyl (C=O) groups is 1. The SMILES string of the molecule is CC(C(=O)N1CCCCC1c1nc2ccccc2s1)N1CCCCCC1. The van der Waals surface area contributed by atoms with Crippen LogP contribution in [-0.4, -0.2) is 46.4 Å². The van der Waals surface area contributed by atoms with Gasteiger partial charge in [-0.1, -0.05) is 25.0 Å². The van der Waals surface area contributed by atoms with Crippen LogP contribution in [-0.2, 0) is 4.79 Å². The number of thiazole rings is 1. The first-order valence-corrected chi connectivity index (χ1v) is 11.0. The average Bonchev–Trinajstić information content (AvgIpc) is 2.93. The van der Waals surface area contributed by atoms with Gasteiger partial charge in [0.1, 0.15) is 5.01 Å². The summed E-state index contributed by atoms with van der Waals surface area (Å²) in [5.41, 5.74) is 1.06. The zero-order valence-electron chi connectivity index (χ0n) is 15.7. The normalized spacial score (nSPS) is 23.7. The number of aromatic nitrogens is 1. The number of para-hydroxylation sites is 1. The number of rotatable bonds is 3. The highest BCUT2D eigenvalue weighted by atomic mass is 32.1. The van der Waals surface area contributed by atoms with Crippen LogP contribution in [0.5, 0.6) is 0 Å². The van der Waals surface area contributed by atoms with Gasteiger partial charge in [0.05, 0.1) is 22.3 Å². The Hall–Kier alpha value is -1.46. The number of fused-ring (bicyclic) bond motifs is 1. The highest BCUT2D eigenvalue weighted by Crippen LogP contribution is 2.36. The monoisotopic (exact) mass is 371 g/mol. The molecule has 3 heterocycles. The molecule has 0 N–H and O–H groups in total. The van der Waals surface area contributed by atoms with E-state index in [0.29, 0.717) is 5.91 Å². The molecule has 2 unspecified atom stereocenters. The summed E-state index contributed by atoms with van der Waals surface area (Å²) >= 11 is 1.76. The molecule has 2 aliphatic heterocycles. The number of carbonyl (C=O) groups excluding carboxylic acids is 1. The Morgan fingerprint density at radius 3 is 2.58 bits per heavy atom. The number of amides is 1. The summed E-state index contributed by atoms with van der Waals surface area (Å²) in [6, 6.07) is 8.45. The fraction of sp³-hybridized carbons (Fsp3) is 0.619. The number of hydrogen-bond acceptors (Lipinski definition) is 4. The van der Waals surface area contributed by atoms with Gasteiger partial charge < -0.3 is 4.90 Å². The van der Waals surface area contributed by atoms with Crippen LogP contribution >= 0.6 is 11.3 Å². The summed E-state index contributed by atoms with van der Waals surface area (Å²) in [4.78, 5) is 22.8. The minimum absolute atomic E-state index is 0.0110. The van der Waals surface area contributed by atoms with Crippen LogP contribution in [0.15, 0.2) is 24.3 Å². The first-order chi connectivity index (χ1) is 12.7. The lowest BCUT2D eigenvalue weighted by molar-refractivity contribution is -0.140. The van der Waals surface area contributed by atoms with Gasteiger partial charge in [-0.05, 0) is 64.3 Å². The third-order valence-corrected chi connectivity index (χ3v) is 7.06. The summed E-state index contributed by atoms with van der Waals surface area (Å²) in [7, 11) is 0. The molecule has 140 valence electrons. The molecule has 2 atom stereocenters. The lowest BCUT2D eigenvalue weighted by Gasteiger charge is -2.38. The van der Waals surface area contributed by atoms with E-state index in [4.69, 9.17) is 4.98 Å². The summed E-state index contributed by atoms with van der Waals surface area (Å²) in [5.74, 6) is 0.302. The maximum Gasteiger partial charge on any atom is 0.240 e. The minimum atomic E-state index is -0.0110. The molecule has 2 aliphatic rings. The van der Waals surface area contributed by atoms with Crippen LogP contribution in [0.4, 0.5) is 0 Å². The van der Waals surface area contributed by atoms with E-state index in [-0.39, 0.29) is 12.1 Å². The van der Waals surface area contributed by atoms with Crippen molar-refractivity contribution in [2.45, 2.75) is 64.0 Å². The summed E-state index contributed by atoms with van der Waals surface area (Å²) in [6.45, 7) is 5.11. The van der Waals surface area contributed by atoms with Gasteiger partial charge in [-0.25, -0.2) is 4.98 Å². The van der Waals surface area contributed by atoms with E-state index in [0.717, 1.165) is 43.0 Å². The van der Waals surface area contributed by atoms with Crippen molar-refractivity contribution >= 4 is 27.5 Å². The first-order valence-electron chi connectivity index (χ1n) is 10.1. The second kappa shape index (κ2) is 8.05. The van der Waals surface area contributed by atoms with Crippen molar-refractivity contribution in [1.82, 2.24) is 14.8 Å². The molecule has 0 bridgehead atoms. The lowest BCUT2D eigenvalue weighted by atomic mass is 10.0. The fourth-order valence-electron chi connectivity index (χ4n) is 4.36. The Morgan fingerprint density at radius 2 is 1.81 bits per heavy atom. The van der Waals surface area contributed by atoms with Crippen LogP contribution in [0.1, 0.15) is 62.9 Å². The number of likely N-dealkylation sites (tertiary alicyclic amines) is 2. The summed E-state index contributed by atoms with van der Waals surface area (Å²) in [6.07, 6.45) is 8.38. The highest BCUT2D eigenvalue weighted by Gasteiger charge is 2.34. The maximum absolute atomic E-state index is 13.4. The molecular weight excluding hydrogens is 342 g/mol. The van der Waals surface area contributed by atoms with Gasteiger partial charge in [0.15, 0.2) is 0 Å². The molecule has 1 amide bonds. The molecule has 0 saturated carbocycles. The van der Waals surface area contributed by atoms with E-state index in [1.165, 1.54) is 36.8 Å². The van der Waals surface area contributed by atoms with Crippen LogP contribution in [0, 0.1) is 0 Å². The van der Waals surface area contributed by atoms with Gasteiger partial charge in [-0.3, -0.25) is 9.69 Å². The third kappa shape index (κ3) is 3.65. The number of nitrogens with zero attached hydrogens (tertiary/aromatic N) is 3. The van der Waals surface area contributed by atoms with Crippen LogP contribution in [0.25, 0.3) is 10.2 Å². The quantitative estimate of drug-likeness (QED) is 0.790. The van der Waals surface area contributed by atoms with Crippen molar-refractivity contribution in [3.63, 3.8) is 0 Å². The summed E-state index contributed by atoms with van der Waals surface area (Å²) < 4.78 is 1.22. The number of hydrogen-bond donors (Lipinski definition) is 0. The van der Waals surface area contributed by atoms with Crippen LogP contribution in [0.2, 0.25) is 0 Å². The molecule has 2 fully saturated rings. The van der Waals surface area contributed by atoms with Crippen molar-refractivity contribution in [2.24, 2.45) is 0 Å². The van der Waals surface area contributed by atoms with Crippen molar-refractivity contribution in [3.05, 3.63) is 29.3 Å². The predicted octanol–water partition coefficient (Wildman–Crippen LogP) is 4.61. The molecule has 5 heteroatoms. The topological polar surface area (TPSA) is 36.4 Å². The largest absolute Gasteiger partial charge is 0.332 e. The molecule has 0 aliphatic carbocycles.